The van der Waals surface area contributed by atoms with Gasteiger partial charge >= 0.3 is 5.97 Å². The van der Waals surface area contributed by atoms with Crippen LogP contribution >= 0.6 is 0 Å². The van der Waals surface area contributed by atoms with Gasteiger partial charge in [0.1, 0.15) is 12.1 Å². The van der Waals surface area contributed by atoms with Gasteiger partial charge in [-0.25, -0.2) is 9.78 Å². The minimum atomic E-state index is -0.674. The van der Waals surface area contributed by atoms with Crippen LogP contribution in [0.25, 0.3) is 10.9 Å². The van der Waals surface area contributed by atoms with Crippen molar-refractivity contribution in [3.63, 3.8) is 0 Å². The van der Waals surface area contributed by atoms with E-state index in [4.69, 9.17) is 4.74 Å². The summed E-state index contributed by atoms with van der Waals surface area (Å²) in [7, 11) is 1.35. The van der Waals surface area contributed by atoms with Gasteiger partial charge in [-0.05, 0) is 11.6 Å². The summed E-state index contributed by atoms with van der Waals surface area (Å²) in [5.41, 5.74) is 3.69. The van der Waals surface area contributed by atoms with Crippen LogP contribution in [-0.4, -0.2) is 44.9 Å². The molecule has 0 spiro atoms. The van der Waals surface area contributed by atoms with E-state index in [1.54, 1.807) is 24.3 Å². The summed E-state index contributed by atoms with van der Waals surface area (Å²) in [6.07, 6.45) is 3.99. The van der Waals surface area contributed by atoms with E-state index in [1.165, 1.54) is 7.11 Å². The number of aromatic amines is 2. The molecule has 0 saturated heterocycles. The topological polar surface area (TPSA) is 91.1 Å². The maximum absolute atomic E-state index is 12.8. The Hall–Kier alpha value is -3.09. The van der Waals surface area contributed by atoms with Gasteiger partial charge in [0.25, 0.3) is 0 Å². The van der Waals surface area contributed by atoms with Crippen LogP contribution in [0.15, 0.2) is 36.8 Å². The Morgan fingerprint density at radius 3 is 2.85 bits per heavy atom. The zero-order valence-corrected chi connectivity index (χ0v) is 14.7. The zero-order chi connectivity index (χ0) is 18.3. The van der Waals surface area contributed by atoms with Gasteiger partial charge in [0.2, 0.25) is 5.91 Å². The van der Waals surface area contributed by atoms with Crippen molar-refractivity contribution >= 4 is 22.8 Å². The first-order chi connectivity index (χ1) is 12.7. The summed E-state index contributed by atoms with van der Waals surface area (Å²) < 4.78 is 5.02. The fourth-order valence-corrected chi connectivity index (χ4v) is 3.84. The van der Waals surface area contributed by atoms with E-state index in [0.717, 1.165) is 27.9 Å². The Morgan fingerprint density at radius 2 is 2.15 bits per heavy atom. The molecule has 3 heterocycles. The number of carbonyl (C=O) groups is 2. The highest BCUT2D eigenvalue weighted by molar-refractivity contribution is 5.90. The third kappa shape index (κ3) is 2.39. The Kier molecular flexibility index (Phi) is 3.99. The Labute approximate surface area is 150 Å². The summed E-state index contributed by atoms with van der Waals surface area (Å²) in [6.45, 7) is 1.79. The molecule has 0 aliphatic carbocycles. The minimum absolute atomic E-state index is 0.107. The lowest BCUT2D eigenvalue weighted by Gasteiger charge is -2.40. The summed E-state index contributed by atoms with van der Waals surface area (Å²) in [4.78, 5) is 37.6. The van der Waals surface area contributed by atoms with Gasteiger partial charge in [-0.3, -0.25) is 4.79 Å². The third-order valence-electron chi connectivity index (χ3n) is 5.01. The molecule has 4 rings (SSSR count). The minimum Gasteiger partial charge on any atom is -0.467 e. The van der Waals surface area contributed by atoms with E-state index in [1.807, 2.05) is 24.3 Å². The number of imidazole rings is 1. The Morgan fingerprint density at radius 1 is 1.35 bits per heavy atom. The number of rotatable bonds is 3. The molecule has 26 heavy (non-hydrogen) atoms. The molecule has 0 radical (unpaired) electrons. The predicted octanol–water partition coefficient (Wildman–Crippen LogP) is 2.32. The molecule has 1 aliphatic heterocycles. The van der Waals surface area contributed by atoms with Crippen LogP contribution in [0.3, 0.4) is 0 Å². The van der Waals surface area contributed by atoms with Crippen LogP contribution in [-0.2, 0) is 20.7 Å². The molecule has 1 aromatic carbocycles. The second-order valence-corrected chi connectivity index (χ2v) is 6.37. The molecule has 7 nitrogen and oxygen atoms in total. The number of methoxy groups -OCH3 is 1. The van der Waals surface area contributed by atoms with Crippen molar-refractivity contribution in [1.82, 2.24) is 19.9 Å². The summed E-state index contributed by atoms with van der Waals surface area (Å²) in [5, 5.41) is 1.06. The summed E-state index contributed by atoms with van der Waals surface area (Å²) in [6, 6.07) is 6.84. The van der Waals surface area contributed by atoms with Crippen molar-refractivity contribution in [2.45, 2.75) is 31.8 Å². The van der Waals surface area contributed by atoms with E-state index in [2.05, 4.69) is 15.0 Å². The molecule has 0 saturated carbocycles. The number of hydrogen-bond donors (Lipinski definition) is 2. The smallest absolute Gasteiger partial charge is 0.328 e. The number of benzene rings is 1. The summed E-state index contributed by atoms with van der Waals surface area (Å²) in [5.74, 6) is -0.517. The van der Waals surface area contributed by atoms with Crippen LogP contribution in [0.5, 0.6) is 0 Å². The molecular formula is C19H20N4O3. The third-order valence-corrected chi connectivity index (χ3v) is 5.01. The van der Waals surface area contributed by atoms with E-state index in [-0.39, 0.29) is 5.91 Å². The van der Waals surface area contributed by atoms with Crippen molar-refractivity contribution < 1.29 is 14.3 Å². The number of nitrogens with one attached hydrogen (secondary N) is 2. The van der Waals surface area contributed by atoms with Crippen LogP contribution < -0.4 is 0 Å². The highest BCUT2D eigenvalue weighted by atomic mass is 16.5. The molecule has 0 bridgehead atoms. The van der Waals surface area contributed by atoms with Gasteiger partial charge in [-0.15, -0.1) is 0 Å². The van der Waals surface area contributed by atoms with Gasteiger partial charge in [-0.1, -0.05) is 25.1 Å². The number of aromatic nitrogens is 3. The highest BCUT2D eigenvalue weighted by Gasteiger charge is 2.44. The second-order valence-electron chi connectivity index (χ2n) is 6.37. The normalized spacial score (nSPS) is 19.4. The number of hydrogen-bond acceptors (Lipinski definition) is 4. The Balaban J connectivity index is 1.97. The van der Waals surface area contributed by atoms with Crippen molar-refractivity contribution in [2.24, 2.45) is 0 Å². The molecule has 2 atom stereocenters. The number of esters is 1. The fraction of sp³-hybridized carbons (Fsp3) is 0.316. The first kappa shape index (κ1) is 16.4. The second kappa shape index (κ2) is 6.33. The quantitative estimate of drug-likeness (QED) is 0.708. The molecule has 1 aliphatic rings. The van der Waals surface area contributed by atoms with E-state index < -0.39 is 18.1 Å². The first-order valence-corrected chi connectivity index (χ1v) is 8.62. The fourth-order valence-electron chi connectivity index (χ4n) is 3.84. The number of fused-ring (bicyclic) bond motifs is 3. The number of amides is 1. The van der Waals surface area contributed by atoms with Gasteiger partial charge in [0.15, 0.2) is 0 Å². The lowest BCUT2D eigenvalue weighted by Crippen LogP contribution is -2.51. The monoisotopic (exact) mass is 352 g/mol. The van der Waals surface area contributed by atoms with Gasteiger partial charge in [0, 0.05) is 29.4 Å². The van der Waals surface area contributed by atoms with E-state index in [0.29, 0.717) is 12.8 Å². The molecule has 1 amide bonds. The van der Waals surface area contributed by atoms with E-state index in [9.17, 15) is 9.59 Å². The van der Waals surface area contributed by atoms with Gasteiger partial charge < -0.3 is 19.6 Å². The van der Waals surface area contributed by atoms with Crippen molar-refractivity contribution in [2.75, 3.05) is 7.11 Å². The molecule has 2 N–H and O–H groups in total. The zero-order valence-electron chi connectivity index (χ0n) is 14.7. The van der Waals surface area contributed by atoms with Crippen LogP contribution in [0.4, 0.5) is 0 Å². The van der Waals surface area contributed by atoms with Crippen molar-refractivity contribution in [3.05, 3.63) is 53.7 Å². The average molecular weight is 352 g/mol. The molecule has 7 heteroatoms. The standard InChI is InChI=1S/C19H20N4O3/c1-3-16(24)23-15(19(25)26-2)8-12-11-6-4-5-7-13(11)22-17(12)18(23)14-9-20-10-21-14/h4-7,9-10,15,18,22H,3,8H2,1-2H3,(H,20,21). The highest BCUT2D eigenvalue weighted by Crippen LogP contribution is 2.40. The number of H-pyrrole nitrogens is 2. The first-order valence-electron chi connectivity index (χ1n) is 8.62. The van der Waals surface area contributed by atoms with Crippen molar-refractivity contribution in [3.8, 4) is 0 Å². The summed E-state index contributed by atoms with van der Waals surface area (Å²) >= 11 is 0. The number of nitrogens with zero attached hydrogens (tertiary/aromatic N) is 2. The molecule has 0 fully saturated rings. The maximum Gasteiger partial charge on any atom is 0.328 e. The SMILES string of the molecule is CCC(=O)N1C(C(=O)OC)Cc2c([nH]c3ccccc23)C1c1cnc[nH]1. The van der Waals surface area contributed by atoms with E-state index >= 15 is 0 Å². The molecule has 2 aromatic heterocycles. The molecule has 2 unspecified atom stereocenters. The van der Waals surface area contributed by atoms with Crippen LogP contribution in [0.2, 0.25) is 0 Å². The molecule has 134 valence electrons. The molecule has 3 aromatic rings. The lowest BCUT2D eigenvalue weighted by molar-refractivity contribution is -0.155. The van der Waals surface area contributed by atoms with Crippen LogP contribution in [0, 0.1) is 0 Å². The average Bonchev–Trinajstić information content (AvgIpc) is 3.33. The maximum atomic E-state index is 12.8. The van der Waals surface area contributed by atoms with Crippen LogP contribution in [0.1, 0.15) is 36.3 Å². The number of carbonyl (C=O) groups excluding carboxylic acids is 2. The molecular weight excluding hydrogens is 332 g/mol. The van der Waals surface area contributed by atoms with Gasteiger partial charge in [0.05, 0.1) is 25.3 Å². The Bertz CT molecular complexity index is 960. The largest absolute Gasteiger partial charge is 0.467 e. The number of ether oxygens (including phenoxy) is 1. The predicted molar refractivity (Wildman–Crippen MR) is 95.4 cm³/mol. The lowest BCUT2D eigenvalue weighted by atomic mass is 9.90. The van der Waals surface area contributed by atoms with Crippen molar-refractivity contribution in [1.29, 1.82) is 0 Å². The number of para-hydroxylation sites is 1. The van der Waals surface area contributed by atoms with Gasteiger partial charge in [-0.2, -0.15) is 0 Å².